The summed E-state index contributed by atoms with van der Waals surface area (Å²) in [6.07, 6.45) is 4.58. The molecule has 0 aliphatic carbocycles. The van der Waals surface area contributed by atoms with Gasteiger partial charge in [-0.25, -0.2) is 4.79 Å². The third kappa shape index (κ3) is 6.89. The van der Waals surface area contributed by atoms with Crippen LogP contribution >= 0.6 is 11.6 Å². The summed E-state index contributed by atoms with van der Waals surface area (Å²) in [7, 11) is 1.29. The molecule has 38 heavy (non-hydrogen) atoms. The fourth-order valence-corrected chi connectivity index (χ4v) is 3.80. The van der Waals surface area contributed by atoms with Crippen LogP contribution in [0.2, 0.25) is 5.02 Å². The van der Waals surface area contributed by atoms with E-state index in [9.17, 15) is 14.4 Å². The highest BCUT2D eigenvalue weighted by Gasteiger charge is 2.21. The first-order valence-electron chi connectivity index (χ1n) is 11.5. The second-order valence-corrected chi connectivity index (χ2v) is 8.54. The van der Waals surface area contributed by atoms with E-state index in [1.54, 1.807) is 48.5 Å². The van der Waals surface area contributed by atoms with E-state index in [1.807, 2.05) is 30.3 Å². The van der Waals surface area contributed by atoms with Crippen molar-refractivity contribution in [3.63, 3.8) is 0 Å². The summed E-state index contributed by atoms with van der Waals surface area (Å²) in [5, 5.41) is 17.2. The SMILES string of the molecule is COC(=O)c1ccc(NC(=O)[C@H](Cc2ccccc2)NC(=O)/C=C/c2cc(Cl)ccc2-n2cnnn2)cc1. The van der Waals surface area contributed by atoms with Gasteiger partial charge in [0, 0.05) is 28.8 Å². The van der Waals surface area contributed by atoms with E-state index in [2.05, 4.69) is 26.2 Å². The molecule has 1 heterocycles. The van der Waals surface area contributed by atoms with Gasteiger partial charge in [-0.3, -0.25) is 9.59 Å². The van der Waals surface area contributed by atoms with Crippen LogP contribution in [0.15, 0.2) is 85.2 Å². The first-order valence-corrected chi connectivity index (χ1v) is 11.9. The molecule has 4 aromatic rings. The molecule has 1 aromatic heterocycles. The van der Waals surface area contributed by atoms with Crippen molar-refractivity contribution in [2.75, 3.05) is 12.4 Å². The van der Waals surface area contributed by atoms with E-state index < -0.39 is 23.8 Å². The van der Waals surface area contributed by atoms with Crippen molar-refractivity contribution in [1.29, 1.82) is 0 Å². The highest BCUT2D eigenvalue weighted by Crippen LogP contribution is 2.20. The predicted molar refractivity (Wildman–Crippen MR) is 142 cm³/mol. The normalized spacial score (nSPS) is 11.6. The van der Waals surface area contributed by atoms with Gasteiger partial charge in [0.1, 0.15) is 12.4 Å². The molecule has 0 aliphatic heterocycles. The standard InChI is InChI=1S/C27H23ClN6O4/c1-38-27(37)19-7-11-22(12-8-19)30-26(36)23(15-18-5-3-2-4-6-18)31-25(35)14-9-20-16-21(28)10-13-24(20)34-17-29-32-33-34/h2-14,16-17,23H,15H2,1H3,(H,30,36)(H,31,35)/b14-9+/t23-/m0/s1. The average molecular weight is 531 g/mol. The van der Waals surface area contributed by atoms with Gasteiger partial charge in [0.2, 0.25) is 11.8 Å². The number of halogens is 1. The lowest BCUT2D eigenvalue weighted by Gasteiger charge is -2.18. The molecular weight excluding hydrogens is 508 g/mol. The van der Waals surface area contributed by atoms with E-state index in [1.165, 1.54) is 24.2 Å². The van der Waals surface area contributed by atoms with Crippen molar-refractivity contribution in [2.24, 2.45) is 0 Å². The predicted octanol–water partition coefficient (Wildman–Crippen LogP) is 3.48. The maximum absolute atomic E-state index is 13.2. The molecule has 0 aliphatic rings. The highest BCUT2D eigenvalue weighted by molar-refractivity contribution is 6.30. The zero-order valence-corrected chi connectivity index (χ0v) is 21.0. The summed E-state index contributed by atoms with van der Waals surface area (Å²) in [6, 6.07) is 19.8. The van der Waals surface area contributed by atoms with E-state index in [4.69, 9.17) is 16.3 Å². The van der Waals surface area contributed by atoms with Crippen LogP contribution in [0.3, 0.4) is 0 Å². The molecule has 0 saturated carbocycles. The van der Waals surface area contributed by atoms with Gasteiger partial charge in [-0.1, -0.05) is 41.9 Å². The van der Waals surface area contributed by atoms with Gasteiger partial charge in [-0.15, -0.1) is 5.10 Å². The zero-order valence-electron chi connectivity index (χ0n) is 20.2. The van der Waals surface area contributed by atoms with Crippen LogP contribution in [0.4, 0.5) is 5.69 Å². The number of tetrazole rings is 1. The van der Waals surface area contributed by atoms with Crippen molar-refractivity contribution < 1.29 is 19.1 Å². The Hall–Kier alpha value is -4.83. The van der Waals surface area contributed by atoms with Crippen molar-refractivity contribution >= 4 is 41.1 Å². The van der Waals surface area contributed by atoms with E-state index in [0.717, 1.165) is 5.56 Å². The smallest absolute Gasteiger partial charge is 0.337 e. The molecule has 0 spiro atoms. The fourth-order valence-electron chi connectivity index (χ4n) is 3.62. The Morgan fingerprint density at radius 2 is 1.82 bits per heavy atom. The topological polar surface area (TPSA) is 128 Å². The summed E-state index contributed by atoms with van der Waals surface area (Å²) in [5.41, 5.74) is 2.92. The maximum Gasteiger partial charge on any atom is 0.337 e. The number of nitrogens with one attached hydrogen (secondary N) is 2. The molecule has 3 aromatic carbocycles. The van der Waals surface area contributed by atoms with E-state index in [-0.39, 0.29) is 6.42 Å². The Morgan fingerprint density at radius 3 is 2.50 bits per heavy atom. The molecule has 0 unspecified atom stereocenters. The van der Waals surface area contributed by atoms with Crippen LogP contribution in [0, 0.1) is 0 Å². The van der Waals surface area contributed by atoms with Crippen molar-refractivity contribution in [3.05, 3.63) is 107 Å². The van der Waals surface area contributed by atoms with Gasteiger partial charge in [-0.05, 0) is 64.5 Å². The number of aromatic nitrogens is 4. The van der Waals surface area contributed by atoms with E-state index >= 15 is 0 Å². The lowest BCUT2D eigenvalue weighted by Crippen LogP contribution is -2.44. The Labute approximate surface area is 223 Å². The Kier molecular flexibility index (Phi) is 8.57. The molecule has 0 fully saturated rings. The van der Waals surface area contributed by atoms with E-state index in [0.29, 0.717) is 27.5 Å². The molecule has 1 atom stereocenters. The number of esters is 1. The number of nitrogens with zero attached hydrogens (tertiary/aromatic N) is 4. The van der Waals surface area contributed by atoms with Crippen LogP contribution in [0.1, 0.15) is 21.5 Å². The first kappa shape index (κ1) is 26.2. The molecule has 4 rings (SSSR count). The summed E-state index contributed by atoms with van der Waals surface area (Å²) in [5.74, 6) is -1.38. The van der Waals surface area contributed by atoms with Crippen molar-refractivity contribution in [2.45, 2.75) is 12.5 Å². The third-order valence-corrected chi connectivity index (χ3v) is 5.72. The van der Waals surface area contributed by atoms with Crippen LogP contribution in [0.5, 0.6) is 0 Å². The third-order valence-electron chi connectivity index (χ3n) is 5.49. The Bertz CT molecular complexity index is 1440. The molecular formula is C27H23ClN6O4. The second-order valence-electron chi connectivity index (χ2n) is 8.10. The van der Waals surface area contributed by atoms with Gasteiger partial charge in [-0.2, -0.15) is 4.68 Å². The number of hydrogen-bond donors (Lipinski definition) is 2. The number of hydrogen-bond acceptors (Lipinski definition) is 7. The minimum absolute atomic E-state index is 0.263. The summed E-state index contributed by atoms with van der Waals surface area (Å²) < 4.78 is 6.15. The van der Waals surface area contributed by atoms with Gasteiger partial charge in [0.15, 0.2) is 0 Å². The number of benzene rings is 3. The maximum atomic E-state index is 13.2. The lowest BCUT2D eigenvalue weighted by atomic mass is 10.0. The van der Waals surface area contributed by atoms with Gasteiger partial charge >= 0.3 is 5.97 Å². The second kappa shape index (κ2) is 12.4. The minimum Gasteiger partial charge on any atom is -0.465 e. The zero-order chi connectivity index (χ0) is 26.9. The molecule has 10 nitrogen and oxygen atoms in total. The van der Waals surface area contributed by atoms with Crippen LogP contribution < -0.4 is 10.6 Å². The minimum atomic E-state index is -0.881. The molecule has 0 bridgehead atoms. The van der Waals surface area contributed by atoms with Gasteiger partial charge < -0.3 is 15.4 Å². The number of ether oxygens (including phenoxy) is 1. The number of anilines is 1. The van der Waals surface area contributed by atoms with Gasteiger partial charge in [0.25, 0.3) is 0 Å². The summed E-state index contributed by atoms with van der Waals surface area (Å²) >= 11 is 6.15. The summed E-state index contributed by atoms with van der Waals surface area (Å²) in [4.78, 5) is 37.7. The highest BCUT2D eigenvalue weighted by atomic mass is 35.5. The quantitative estimate of drug-likeness (QED) is 0.250. The Morgan fingerprint density at radius 1 is 1.05 bits per heavy atom. The fraction of sp³-hybridized carbons (Fsp3) is 0.111. The lowest BCUT2D eigenvalue weighted by molar-refractivity contribution is -0.123. The van der Waals surface area contributed by atoms with Crippen molar-refractivity contribution in [1.82, 2.24) is 25.5 Å². The number of methoxy groups -OCH3 is 1. The molecule has 2 amide bonds. The largest absolute Gasteiger partial charge is 0.465 e. The molecule has 192 valence electrons. The average Bonchev–Trinajstić information content (AvgIpc) is 3.47. The molecule has 0 radical (unpaired) electrons. The molecule has 2 N–H and O–H groups in total. The molecule has 11 heteroatoms. The number of carbonyl (C=O) groups is 3. The number of amides is 2. The van der Waals surface area contributed by atoms with Crippen LogP contribution in [-0.2, 0) is 20.7 Å². The number of rotatable bonds is 9. The van der Waals surface area contributed by atoms with Crippen LogP contribution in [-0.4, -0.2) is 51.1 Å². The monoisotopic (exact) mass is 530 g/mol. The Balaban J connectivity index is 1.51. The number of carbonyl (C=O) groups excluding carboxylic acids is 3. The first-order chi connectivity index (χ1) is 18.4. The summed E-state index contributed by atoms with van der Waals surface area (Å²) in [6.45, 7) is 0. The van der Waals surface area contributed by atoms with Crippen molar-refractivity contribution in [3.8, 4) is 5.69 Å². The van der Waals surface area contributed by atoms with Crippen LogP contribution in [0.25, 0.3) is 11.8 Å². The molecule has 0 saturated heterocycles. The van der Waals surface area contributed by atoms with Gasteiger partial charge in [0.05, 0.1) is 18.4 Å².